The first-order chi connectivity index (χ1) is 22.1. The van der Waals surface area contributed by atoms with E-state index < -0.39 is 8.07 Å². The fourth-order valence-electron chi connectivity index (χ4n) is 7.44. The smallest absolute Gasteiger partial charge is 0.113 e. The first-order valence-corrected chi connectivity index (χ1v) is 19.4. The quantitative estimate of drug-likeness (QED) is 0.179. The van der Waals surface area contributed by atoms with Crippen molar-refractivity contribution in [3.8, 4) is 22.3 Å². The van der Waals surface area contributed by atoms with Crippen LogP contribution >= 0.6 is 11.3 Å². The molecule has 0 saturated heterocycles. The van der Waals surface area contributed by atoms with Gasteiger partial charge in [0.2, 0.25) is 0 Å². The number of para-hydroxylation sites is 1. The molecule has 7 aromatic carbocycles. The van der Waals surface area contributed by atoms with E-state index in [0.717, 1.165) is 0 Å². The topological polar surface area (TPSA) is 3.24 Å². The third-order valence-corrected chi connectivity index (χ3v) is 14.4. The Morgan fingerprint density at radius 3 is 2.00 bits per heavy atom. The molecule has 1 aromatic heterocycles. The Morgan fingerprint density at radius 1 is 0.489 bits per heavy atom. The molecule has 0 spiro atoms. The maximum absolute atomic E-state index is 2.49. The van der Waals surface area contributed by atoms with Gasteiger partial charge in [-0.2, -0.15) is 0 Å². The Balaban J connectivity index is 1.29. The molecule has 1 aliphatic rings. The highest BCUT2D eigenvalue weighted by Crippen LogP contribution is 2.46. The fourth-order valence-corrected chi connectivity index (χ4v) is 11.8. The molecule has 0 aliphatic carbocycles. The molecule has 45 heavy (non-hydrogen) atoms. The Labute approximate surface area is 268 Å². The number of fused-ring (bicyclic) bond motifs is 8. The standard InChI is InChI=1S/C42H31NSSi/c1-45(2)39-20-12-11-19-34(39)35-23-21-32(27-40(35)45)43(30-16-7-4-8-17-30)31-22-24-38-37(26-31)41-36(28-13-5-3-6-14-28)25-29-15-9-10-18-33(29)42(41)44-38/h3-27H,1-2H3. The number of hydrogen-bond acceptors (Lipinski definition) is 2. The van der Waals surface area contributed by atoms with Crippen molar-refractivity contribution in [3.05, 3.63) is 152 Å². The molecule has 0 unspecified atom stereocenters. The monoisotopic (exact) mass is 609 g/mol. The van der Waals surface area contributed by atoms with E-state index in [0.29, 0.717) is 0 Å². The molecule has 0 N–H and O–H groups in total. The van der Waals surface area contributed by atoms with Gasteiger partial charge in [-0.05, 0) is 91.9 Å². The van der Waals surface area contributed by atoms with Crippen molar-refractivity contribution < 1.29 is 0 Å². The molecule has 8 aromatic rings. The van der Waals surface area contributed by atoms with Gasteiger partial charge in [0.15, 0.2) is 0 Å². The van der Waals surface area contributed by atoms with Crippen LogP contribution in [0, 0.1) is 0 Å². The van der Waals surface area contributed by atoms with Crippen LogP contribution in [-0.2, 0) is 0 Å². The number of nitrogens with zero attached hydrogens (tertiary/aromatic N) is 1. The minimum atomic E-state index is -1.83. The van der Waals surface area contributed by atoms with Crippen LogP contribution in [0.1, 0.15) is 0 Å². The van der Waals surface area contributed by atoms with Gasteiger partial charge < -0.3 is 4.90 Å². The summed E-state index contributed by atoms with van der Waals surface area (Å²) in [6, 6.07) is 56.1. The van der Waals surface area contributed by atoms with Gasteiger partial charge >= 0.3 is 0 Å². The fraction of sp³-hybridized carbons (Fsp3) is 0.0476. The van der Waals surface area contributed by atoms with Crippen molar-refractivity contribution in [3.63, 3.8) is 0 Å². The van der Waals surface area contributed by atoms with Gasteiger partial charge in [0.1, 0.15) is 8.07 Å². The Morgan fingerprint density at radius 2 is 1.16 bits per heavy atom. The average molecular weight is 610 g/mol. The second-order valence-electron chi connectivity index (χ2n) is 12.6. The van der Waals surface area contributed by atoms with Gasteiger partial charge in [-0.15, -0.1) is 11.3 Å². The minimum absolute atomic E-state index is 1.17. The first-order valence-electron chi connectivity index (χ1n) is 15.6. The van der Waals surface area contributed by atoms with Crippen LogP contribution in [0.5, 0.6) is 0 Å². The predicted octanol–water partition coefficient (Wildman–Crippen LogP) is 11.1. The summed E-state index contributed by atoms with van der Waals surface area (Å²) in [5.74, 6) is 0. The molecule has 0 bridgehead atoms. The molecule has 0 saturated carbocycles. The lowest BCUT2D eigenvalue weighted by Gasteiger charge is -2.27. The van der Waals surface area contributed by atoms with Crippen LogP contribution in [-0.4, -0.2) is 8.07 Å². The van der Waals surface area contributed by atoms with Gasteiger partial charge in [-0.3, -0.25) is 0 Å². The molecule has 3 heteroatoms. The molecule has 1 aliphatic heterocycles. The van der Waals surface area contributed by atoms with Crippen LogP contribution in [0.2, 0.25) is 13.1 Å². The van der Waals surface area contributed by atoms with Gasteiger partial charge in [0, 0.05) is 37.2 Å². The summed E-state index contributed by atoms with van der Waals surface area (Å²) in [6.45, 7) is 4.99. The lowest BCUT2D eigenvalue weighted by Crippen LogP contribution is -2.49. The Kier molecular flexibility index (Phi) is 5.89. The summed E-state index contributed by atoms with van der Waals surface area (Å²) in [4.78, 5) is 2.44. The Hall–Kier alpha value is -4.96. The van der Waals surface area contributed by atoms with Gasteiger partial charge in [-0.1, -0.05) is 116 Å². The third-order valence-electron chi connectivity index (χ3n) is 9.63. The maximum Gasteiger partial charge on any atom is 0.113 e. The molecular weight excluding hydrogens is 579 g/mol. The van der Waals surface area contributed by atoms with Gasteiger partial charge in [0.25, 0.3) is 0 Å². The average Bonchev–Trinajstić information content (AvgIpc) is 3.58. The zero-order chi connectivity index (χ0) is 30.1. The molecule has 0 fully saturated rings. The molecule has 214 valence electrons. The maximum atomic E-state index is 2.49. The number of anilines is 3. The van der Waals surface area contributed by atoms with Crippen LogP contribution in [0.4, 0.5) is 17.1 Å². The van der Waals surface area contributed by atoms with E-state index in [2.05, 4.69) is 170 Å². The van der Waals surface area contributed by atoms with Crippen LogP contribution in [0.15, 0.2) is 152 Å². The lowest BCUT2D eigenvalue weighted by atomic mass is 9.95. The highest BCUT2D eigenvalue weighted by molar-refractivity contribution is 7.26. The minimum Gasteiger partial charge on any atom is -0.310 e. The van der Waals surface area contributed by atoms with Crippen molar-refractivity contribution in [1.82, 2.24) is 0 Å². The zero-order valence-corrected chi connectivity index (χ0v) is 27.1. The van der Waals surface area contributed by atoms with E-state index >= 15 is 0 Å². The second kappa shape index (κ2) is 10.0. The largest absolute Gasteiger partial charge is 0.310 e. The van der Waals surface area contributed by atoms with Crippen LogP contribution in [0.25, 0.3) is 53.2 Å². The summed E-state index contributed by atoms with van der Waals surface area (Å²) in [6.07, 6.45) is 0. The van der Waals surface area contributed by atoms with Crippen LogP contribution < -0.4 is 15.3 Å². The normalized spacial score (nSPS) is 13.3. The summed E-state index contributed by atoms with van der Waals surface area (Å²) < 4.78 is 2.67. The van der Waals surface area contributed by atoms with E-state index in [-0.39, 0.29) is 0 Å². The summed E-state index contributed by atoms with van der Waals surface area (Å²) in [5, 5.41) is 8.30. The summed E-state index contributed by atoms with van der Waals surface area (Å²) in [7, 11) is -1.83. The van der Waals surface area contributed by atoms with E-state index in [1.54, 1.807) is 0 Å². The molecule has 9 rings (SSSR count). The zero-order valence-electron chi connectivity index (χ0n) is 25.3. The van der Waals surface area contributed by atoms with E-state index in [1.165, 1.54) is 80.6 Å². The number of benzene rings is 7. The Bertz CT molecular complexity index is 2410. The molecule has 0 atom stereocenters. The molecule has 0 amide bonds. The molecular formula is C42H31NSSi. The number of thiophene rings is 1. The van der Waals surface area contributed by atoms with Gasteiger partial charge in [-0.25, -0.2) is 0 Å². The summed E-state index contributed by atoms with van der Waals surface area (Å²) >= 11 is 1.91. The molecule has 0 radical (unpaired) electrons. The highest BCUT2D eigenvalue weighted by Gasteiger charge is 2.37. The van der Waals surface area contributed by atoms with Crippen molar-refractivity contribution in [2.45, 2.75) is 13.1 Å². The van der Waals surface area contributed by atoms with Crippen molar-refractivity contribution >= 4 is 77.8 Å². The number of hydrogen-bond donors (Lipinski definition) is 0. The van der Waals surface area contributed by atoms with Crippen LogP contribution in [0.3, 0.4) is 0 Å². The SMILES string of the molecule is C[Si]1(C)c2ccccc2-c2ccc(N(c3ccccc3)c3ccc4sc5c6ccccc6cc(-c6ccccc6)c5c4c3)cc21. The summed E-state index contributed by atoms with van der Waals surface area (Å²) in [5.41, 5.74) is 8.91. The van der Waals surface area contributed by atoms with E-state index in [4.69, 9.17) is 0 Å². The van der Waals surface area contributed by atoms with E-state index in [1.807, 2.05) is 11.3 Å². The second-order valence-corrected chi connectivity index (χ2v) is 17.9. The first kappa shape index (κ1) is 26.4. The lowest BCUT2D eigenvalue weighted by molar-refractivity contribution is 1.29. The van der Waals surface area contributed by atoms with Crippen molar-refractivity contribution in [1.29, 1.82) is 0 Å². The third kappa shape index (κ3) is 4.05. The predicted molar refractivity (Wildman–Crippen MR) is 199 cm³/mol. The van der Waals surface area contributed by atoms with E-state index in [9.17, 15) is 0 Å². The molecule has 1 nitrogen and oxygen atoms in total. The van der Waals surface area contributed by atoms with Crippen molar-refractivity contribution in [2.24, 2.45) is 0 Å². The molecule has 2 heterocycles. The van der Waals surface area contributed by atoms with Gasteiger partial charge in [0.05, 0.1) is 0 Å². The van der Waals surface area contributed by atoms with Crippen molar-refractivity contribution in [2.75, 3.05) is 4.90 Å². The highest BCUT2D eigenvalue weighted by atomic mass is 32.1. The number of rotatable bonds is 4.